The Hall–Kier alpha value is -2.64. The van der Waals surface area contributed by atoms with Gasteiger partial charge in [0.05, 0.1) is 10.6 Å². The molecular weight excluding hydrogens is 466 g/mol. The first-order chi connectivity index (χ1) is 14.2. The molecule has 3 aromatic rings. The smallest absolute Gasteiger partial charge is 0.324 e. The molecule has 0 heterocycles. The highest BCUT2D eigenvalue weighted by Gasteiger charge is 2.29. The SMILES string of the molecule is Cc1ccc(N(CC(=O)O)S(=O)(=O)c2ccccc2)c(C)c1Cc1cccc(Br)c1. The third-order valence-electron chi connectivity index (χ3n) is 4.95. The van der Waals surface area contributed by atoms with Gasteiger partial charge in [0.2, 0.25) is 0 Å². The summed E-state index contributed by atoms with van der Waals surface area (Å²) in [4.78, 5) is 11.6. The number of hydrogen-bond acceptors (Lipinski definition) is 3. The zero-order chi connectivity index (χ0) is 21.9. The average Bonchev–Trinajstić information content (AvgIpc) is 2.70. The number of carboxylic acids is 1. The number of carbonyl (C=O) groups is 1. The van der Waals surface area contributed by atoms with Crippen molar-refractivity contribution in [1.82, 2.24) is 0 Å². The van der Waals surface area contributed by atoms with Gasteiger partial charge in [0.15, 0.2) is 0 Å². The number of aliphatic carboxylic acids is 1. The van der Waals surface area contributed by atoms with Crippen molar-refractivity contribution >= 4 is 37.6 Å². The molecule has 0 aliphatic heterocycles. The van der Waals surface area contributed by atoms with E-state index in [-0.39, 0.29) is 4.90 Å². The monoisotopic (exact) mass is 487 g/mol. The molecule has 0 bridgehead atoms. The first-order valence-electron chi connectivity index (χ1n) is 9.33. The molecule has 0 unspecified atom stereocenters. The highest BCUT2D eigenvalue weighted by atomic mass is 79.9. The largest absolute Gasteiger partial charge is 0.480 e. The van der Waals surface area contributed by atoms with Crippen molar-refractivity contribution in [3.63, 3.8) is 0 Å². The molecule has 0 amide bonds. The van der Waals surface area contributed by atoms with Gasteiger partial charge in [-0.05, 0) is 72.9 Å². The summed E-state index contributed by atoms with van der Waals surface area (Å²) in [5.41, 5.74) is 4.18. The summed E-state index contributed by atoms with van der Waals surface area (Å²) in [5, 5.41) is 9.42. The Morgan fingerprint density at radius 3 is 2.33 bits per heavy atom. The summed E-state index contributed by atoms with van der Waals surface area (Å²) in [7, 11) is -4.04. The number of halogens is 1. The molecule has 0 aliphatic carbocycles. The van der Waals surface area contributed by atoms with Gasteiger partial charge in [-0.15, -0.1) is 0 Å². The molecule has 156 valence electrons. The molecule has 5 nitrogen and oxygen atoms in total. The molecule has 0 spiro atoms. The Morgan fingerprint density at radius 2 is 1.70 bits per heavy atom. The summed E-state index contributed by atoms with van der Waals surface area (Å²) < 4.78 is 28.5. The van der Waals surface area contributed by atoms with Crippen LogP contribution in [0, 0.1) is 13.8 Å². The number of anilines is 1. The van der Waals surface area contributed by atoms with E-state index in [0.29, 0.717) is 12.1 Å². The Bertz CT molecular complexity index is 1180. The molecule has 0 atom stereocenters. The molecule has 3 aromatic carbocycles. The lowest BCUT2D eigenvalue weighted by molar-refractivity contribution is -0.135. The standard InChI is InChI=1S/C23H22BrNO4S/c1-16-11-12-22(17(2)21(16)14-18-7-6-8-19(24)13-18)25(15-23(26)27)30(28,29)20-9-4-3-5-10-20/h3-13H,14-15H2,1-2H3,(H,26,27). The normalized spacial score (nSPS) is 11.3. The molecule has 0 aliphatic rings. The molecular formula is C23H22BrNO4S. The van der Waals surface area contributed by atoms with E-state index >= 15 is 0 Å². The molecule has 1 N–H and O–H groups in total. The maximum absolute atomic E-state index is 13.3. The van der Waals surface area contributed by atoms with Gasteiger partial charge in [-0.1, -0.05) is 52.3 Å². The molecule has 0 aromatic heterocycles. The van der Waals surface area contributed by atoms with Gasteiger partial charge in [-0.3, -0.25) is 9.10 Å². The van der Waals surface area contributed by atoms with Crippen LogP contribution in [-0.2, 0) is 21.2 Å². The minimum atomic E-state index is -4.04. The maximum Gasteiger partial charge on any atom is 0.324 e. The van der Waals surface area contributed by atoms with Gasteiger partial charge in [-0.25, -0.2) is 8.42 Å². The van der Waals surface area contributed by atoms with Crippen molar-refractivity contribution in [3.05, 3.63) is 93.5 Å². The second-order valence-electron chi connectivity index (χ2n) is 7.03. The van der Waals surface area contributed by atoms with Crippen molar-refractivity contribution in [1.29, 1.82) is 0 Å². The topological polar surface area (TPSA) is 74.7 Å². The maximum atomic E-state index is 13.3. The van der Waals surface area contributed by atoms with Crippen molar-refractivity contribution in [2.45, 2.75) is 25.2 Å². The summed E-state index contributed by atoms with van der Waals surface area (Å²) in [5.74, 6) is -1.22. The molecule has 0 fully saturated rings. The highest BCUT2D eigenvalue weighted by molar-refractivity contribution is 9.10. The molecule has 0 saturated carbocycles. The van der Waals surface area contributed by atoms with Crippen LogP contribution in [-0.4, -0.2) is 26.0 Å². The van der Waals surface area contributed by atoms with Crippen LogP contribution < -0.4 is 4.31 Å². The fourth-order valence-electron chi connectivity index (χ4n) is 3.42. The summed E-state index contributed by atoms with van der Waals surface area (Å²) in [6, 6.07) is 19.3. The van der Waals surface area contributed by atoms with E-state index in [0.717, 1.165) is 31.0 Å². The van der Waals surface area contributed by atoms with E-state index in [4.69, 9.17) is 0 Å². The zero-order valence-corrected chi connectivity index (χ0v) is 19.1. The lowest BCUT2D eigenvalue weighted by atomic mass is 9.95. The van der Waals surface area contributed by atoms with E-state index in [2.05, 4.69) is 15.9 Å². The summed E-state index contributed by atoms with van der Waals surface area (Å²) in [6.45, 7) is 3.15. The lowest BCUT2D eigenvalue weighted by Crippen LogP contribution is -2.36. The first kappa shape index (κ1) is 22.1. The summed E-state index contributed by atoms with van der Waals surface area (Å²) >= 11 is 3.48. The Morgan fingerprint density at radius 1 is 1.00 bits per heavy atom. The van der Waals surface area contributed by atoms with Crippen LogP contribution in [0.3, 0.4) is 0 Å². The van der Waals surface area contributed by atoms with E-state index < -0.39 is 22.5 Å². The molecule has 3 rings (SSSR count). The molecule has 7 heteroatoms. The van der Waals surface area contributed by atoms with Crippen LogP contribution >= 0.6 is 15.9 Å². The predicted molar refractivity (Wildman–Crippen MR) is 121 cm³/mol. The number of carboxylic acid groups (broad SMARTS) is 1. The van der Waals surface area contributed by atoms with Crippen molar-refractivity contribution in [2.75, 3.05) is 10.8 Å². The van der Waals surface area contributed by atoms with E-state index in [1.165, 1.54) is 12.1 Å². The third-order valence-corrected chi connectivity index (χ3v) is 7.22. The minimum absolute atomic E-state index is 0.0553. The highest BCUT2D eigenvalue weighted by Crippen LogP contribution is 2.32. The van der Waals surface area contributed by atoms with Gasteiger partial charge in [0, 0.05) is 4.47 Å². The number of nitrogens with zero attached hydrogens (tertiary/aromatic N) is 1. The molecule has 30 heavy (non-hydrogen) atoms. The number of aryl methyl sites for hydroxylation is 1. The number of rotatable bonds is 7. The van der Waals surface area contributed by atoms with Crippen LogP contribution in [0.2, 0.25) is 0 Å². The van der Waals surface area contributed by atoms with Crippen LogP contribution in [0.5, 0.6) is 0 Å². The minimum Gasteiger partial charge on any atom is -0.480 e. The van der Waals surface area contributed by atoms with Crippen LogP contribution in [0.25, 0.3) is 0 Å². The van der Waals surface area contributed by atoms with Gasteiger partial charge < -0.3 is 5.11 Å². The quantitative estimate of drug-likeness (QED) is 0.512. The first-order valence-corrected chi connectivity index (χ1v) is 11.6. The Kier molecular flexibility index (Phi) is 6.63. The van der Waals surface area contributed by atoms with Crippen LogP contribution in [0.4, 0.5) is 5.69 Å². The zero-order valence-electron chi connectivity index (χ0n) is 16.7. The van der Waals surface area contributed by atoms with E-state index in [1.807, 2.05) is 44.2 Å². The fourth-order valence-corrected chi connectivity index (χ4v) is 5.35. The van der Waals surface area contributed by atoms with Gasteiger partial charge in [-0.2, -0.15) is 0 Å². The molecule has 0 saturated heterocycles. The van der Waals surface area contributed by atoms with Crippen molar-refractivity contribution < 1.29 is 18.3 Å². The molecule has 0 radical (unpaired) electrons. The Labute approximate surface area is 185 Å². The average molecular weight is 488 g/mol. The van der Waals surface area contributed by atoms with Crippen molar-refractivity contribution in [3.8, 4) is 0 Å². The van der Waals surface area contributed by atoms with Gasteiger partial charge in [0.1, 0.15) is 6.54 Å². The summed E-state index contributed by atoms with van der Waals surface area (Å²) in [6.07, 6.45) is 0.608. The lowest BCUT2D eigenvalue weighted by Gasteiger charge is -2.26. The second kappa shape index (κ2) is 9.02. The van der Waals surface area contributed by atoms with Crippen LogP contribution in [0.15, 0.2) is 76.1 Å². The number of benzene rings is 3. The van der Waals surface area contributed by atoms with Gasteiger partial charge >= 0.3 is 5.97 Å². The van der Waals surface area contributed by atoms with E-state index in [1.54, 1.807) is 24.3 Å². The van der Waals surface area contributed by atoms with Crippen LogP contribution in [0.1, 0.15) is 22.3 Å². The fraction of sp³-hybridized carbons (Fsp3) is 0.174. The second-order valence-corrected chi connectivity index (χ2v) is 9.81. The van der Waals surface area contributed by atoms with Crippen molar-refractivity contribution in [2.24, 2.45) is 0 Å². The van der Waals surface area contributed by atoms with E-state index in [9.17, 15) is 18.3 Å². The third kappa shape index (κ3) is 4.74. The van der Waals surface area contributed by atoms with Gasteiger partial charge in [0.25, 0.3) is 10.0 Å². The number of sulfonamides is 1. The number of hydrogen-bond donors (Lipinski definition) is 1. The predicted octanol–water partition coefficient (Wildman–Crippen LogP) is 4.94. The Balaban J connectivity index is 2.12.